The Balaban J connectivity index is 1.86. The average Bonchev–Trinajstić information content (AvgIpc) is 3.33. The van der Waals surface area contributed by atoms with E-state index in [1.807, 2.05) is 11.5 Å². The van der Waals surface area contributed by atoms with Crippen molar-refractivity contribution in [2.24, 2.45) is 10.7 Å². The molecule has 0 bridgehead atoms. The van der Waals surface area contributed by atoms with E-state index in [2.05, 4.69) is 33.7 Å². The molecular weight excluding hydrogens is 509 g/mol. The molecule has 1 aromatic carbocycles. The summed E-state index contributed by atoms with van der Waals surface area (Å²) in [6.07, 6.45) is 4.14. The fourth-order valence-electron chi connectivity index (χ4n) is 3.80. The van der Waals surface area contributed by atoms with Gasteiger partial charge in [-0.1, -0.05) is 19.9 Å². The van der Waals surface area contributed by atoms with Crippen molar-refractivity contribution in [1.82, 2.24) is 9.78 Å². The smallest absolute Gasteiger partial charge is 0.348 e. The topological polar surface area (TPSA) is 135 Å². The summed E-state index contributed by atoms with van der Waals surface area (Å²) >= 11 is 1.60. The van der Waals surface area contributed by atoms with Crippen LogP contribution < -0.4 is 20.9 Å². The minimum Gasteiger partial charge on any atom is -0.505 e. The van der Waals surface area contributed by atoms with Crippen LogP contribution in [0.2, 0.25) is 0 Å². The maximum atomic E-state index is 13.7. The SMILES string of the molecule is COP1(=O)N=C(c2c(O)c(C3C=CSC3)nn(CCC(C)C)c2=O)Nc2ccc(NS(C)=O)cc21. The molecule has 188 valence electrons. The van der Waals surface area contributed by atoms with E-state index in [0.29, 0.717) is 35.3 Å². The summed E-state index contributed by atoms with van der Waals surface area (Å²) < 4.78 is 39.1. The minimum absolute atomic E-state index is 0.0402. The van der Waals surface area contributed by atoms with Crippen LogP contribution in [0.4, 0.5) is 11.4 Å². The number of aromatic nitrogens is 2. The number of amidine groups is 1. The van der Waals surface area contributed by atoms with Gasteiger partial charge in [0.25, 0.3) is 5.56 Å². The fraction of sp³-hybridized carbons (Fsp3) is 0.409. The first-order valence-electron chi connectivity index (χ1n) is 11.0. The fourth-order valence-corrected chi connectivity index (χ4v) is 6.69. The average molecular weight is 538 g/mol. The van der Waals surface area contributed by atoms with Gasteiger partial charge in [0.15, 0.2) is 11.6 Å². The first-order valence-corrected chi connectivity index (χ1v) is 15.2. The lowest BCUT2D eigenvalue weighted by molar-refractivity contribution is 0.404. The van der Waals surface area contributed by atoms with Crippen LogP contribution in [-0.2, 0) is 26.6 Å². The summed E-state index contributed by atoms with van der Waals surface area (Å²) in [5, 5.41) is 20.9. The summed E-state index contributed by atoms with van der Waals surface area (Å²) in [5.41, 5.74) is 0.646. The van der Waals surface area contributed by atoms with Crippen molar-refractivity contribution in [1.29, 1.82) is 0 Å². The first kappa shape index (κ1) is 25.7. The van der Waals surface area contributed by atoms with Crippen molar-refractivity contribution in [2.75, 3.05) is 29.2 Å². The van der Waals surface area contributed by atoms with Gasteiger partial charge in [0, 0.05) is 37.3 Å². The van der Waals surface area contributed by atoms with Crippen LogP contribution in [0.1, 0.15) is 37.4 Å². The number of fused-ring (bicyclic) bond motifs is 1. The molecule has 0 saturated carbocycles. The lowest BCUT2D eigenvalue weighted by Gasteiger charge is -2.25. The van der Waals surface area contributed by atoms with E-state index in [1.165, 1.54) is 18.0 Å². The van der Waals surface area contributed by atoms with E-state index in [1.54, 1.807) is 30.0 Å². The van der Waals surface area contributed by atoms with E-state index < -0.39 is 24.1 Å². The van der Waals surface area contributed by atoms with Crippen LogP contribution in [0.25, 0.3) is 0 Å². The summed E-state index contributed by atoms with van der Waals surface area (Å²) in [4.78, 5) is 13.5. The normalized spacial score (nSPS) is 22.0. The summed E-state index contributed by atoms with van der Waals surface area (Å²) in [6, 6.07) is 4.85. The number of allylic oxidation sites excluding steroid dienone is 1. The number of rotatable bonds is 8. The highest BCUT2D eigenvalue weighted by molar-refractivity contribution is 8.02. The zero-order valence-electron chi connectivity index (χ0n) is 19.8. The third kappa shape index (κ3) is 5.25. The van der Waals surface area contributed by atoms with Crippen molar-refractivity contribution >= 4 is 52.8 Å². The van der Waals surface area contributed by atoms with Gasteiger partial charge in [-0.25, -0.2) is 8.89 Å². The monoisotopic (exact) mass is 537 g/mol. The van der Waals surface area contributed by atoms with Gasteiger partial charge in [-0.2, -0.15) is 9.86 Å². The van der Waals surface area contributed by atoms with Crippen molar-refractivity contribution in [2.45, 2.75) is 32.7 Å². The molecule has 3 heterocycles. The van der Waals surface area contributed by atoms with Gasteiger partial charge in [0.1, 0.15) is 22.2 Å². The van der Waals surface area contributed by atoms with Gasteiger partial charge < -0.3 is 19.7 Å². The van der Waals surface area contributed by atoms with Crippen LogP contribution in [0.15, 0.2) is 39.2 Å². The van der Waals surface area contributed by atoms with E-state index in [-0.39, 0.29) is 28.4 Å². The number of hydrogen-bond donors (Lipinski definition) is 3. The molecule has 35 heavy (non-hydrogen) atoms. The number of hydrogen-bond acceptors (Lipinski definition) is 8. The summed E-state index contributed by atoms with van der Waals surface area (Å²) in [7, 11) is -3.87. The number of aryl methyl sites for hydroxylation is 1. The standard InChI is InChI=1S/C22H28N5O5PS2/c1-13(2)7-9-27-22(29)18(20(28)19(24-27)14-8-10-34-12-14)21-23-16-6-5-15(26-35(4)31)11-17(16)33(30,25-21)32-3/h5-6,8,10-11,13-14,26,28H,7,9,12H2,1-4H3,(H,23,25,30). The third-order valence-electron chi connectivity index (χ3n) is 5.64. The van der Waals surface area contributed by atoms with Crippen molar-refractivity contribution in [3.8, 4) is 5.75 Å². The Labute approximate surface area is 210 Å². The molecule has 10 nitrogen and oxygen atoms in total. The highest BCUT2D eigenvalue weighted by Crippen LogP contribution is 2.52. The van der Waals surface area contributed by atoms with Gasteiger partial charge >= 0.3 is 7.52 Å². The second kappa shape index (κ2) is 10.3. The molecule has 0 fully saturated rings. The van der Waals surface area contributed by atoms with E-state index in [4.69, 9.17) is 4.52 Å². The number of anilines is 2. The van der Waals surface area contributed by atoms with Gasteiger partial charge in [-0.3, -0.25) is 9.36 Å². The van der Waals surface area contributed by atoms with Crippen LogP contribution >= 0.6 is 19.3 Å². The number of thioether (sulfide) groups is 1. The zero-order valence-corrected chi connectivity index (χ0v) is 22.4. The van der Waals surface area contributed by atoms with Crippen molar-refractivity contribution in [3.05, 3.63) is 51.3 Å². The minimum atomic E-state index is -3.81. The molecule has 3 unspecified atom stereocenters. The third-order valence-corrected chi connectivity index (χ3v) is 9.00. The second-order valence-electron chi connectivity index (χ2n) is 8.65. The van der Waals surface area contributed by atoms with Crippen molar-refractivity contribution < 1.29 is 18.4 Å². The molecule has 0 saturated heterocycles. The van der Waals surface area contributed by atoms with Crippen LogP contribution in [0.5, 0.6) is 5.75 Å². The van der Waals surface area contributed by atoms with Gasteiger partial charge in [0.05, 0.1) is 11.0 Å². The molecular formula is C22H28N5O5PS2. The molecule has 13 heteroatoms. The number of nitrogens with one attached hydrogen (secondary N) is 2. The maximum absolute atomic E-state index is 13.7. The van der Waals surface area contributed by atoms with E-state index in [0.717, 1.165) is 6.42 Å². The Morgan fingerprint density at radius 2 is 2.20 bits per heavy atom. The predicted octanol–water partition coefficient (Wildman–Crippen LogP) is 3.38. The quantitative estimate of drug-likeness (QED) is 0.436. The first-order chi connectivity index (χ1) is 16.6. The Morgan fingerprint density at radius 3 is 2.83 bits per heavy atom. The molecule has 0 spiro atoms. The van der Waals surface area contributed by atoms with Gasteiger partial charge in [-0.05, 0) is 35.9 Å². The Kier molecular flexibility index (Phi) is 7.56. The molecule has 0 aliphatic carbocycles. The Morgan fingerprint density at radius 1 is 1.43 bits per heavy atom. The number of nitrogens with zero attached hydrogens (tertiary/aromatic N) is 3. The number of benzene rings is 1. The highest BCUT2D eigenvalue weighted by Gasteiger charge is 2.36. The molecule has 4 rings (SSSR count). The van der Waals surface area contributed by atoms with E-state index in [9.17, 15) is 18.7 Å². The molecule has 0 amide bonds. The molecule has 2 aliphatic heterocycles. The van der Waals surface area contributed by atoms with E-state index >= 15 is 0 Å². The molecule has 3 atom stereocenters. The van der Waals surface area contributed by atoms with Gasteiger partial charge in [-0.15, -0.1) is 11.8 Å². The molecule has 2 aliphatic rings. The zero-order chi connectivity index (χ0) is 25.3. The molecule has 0 radical (unpaired) electrons. The lowest BCUT2D eigenvalue weighted by atomic mass is 10.0. The van der Waals surface area contributed by atoms with Gasteiger partial charge in [0.2, 0.25) is 0 Å². The Bertz CT molecular complexity index is 1340. The summed E-state index contributed by atoms with van der Waals surface area (Å²) in [5.74, 6) is 0.540. The number of aromatic hydroxyl groups is 1. The van der Waals surface area contributed by atoms with Crippen LogP contribution in [0, 0.1) is 5.92 Å². The van der Waals surface area contributed by atoms with Crippen molar-refractivity contribution in [3.63, 3.8) is 0 Å². The summed E-state index contributed by atoms with van der Waals surface area (Å²) in [6.45, 7) is 4.48. The lowest BCUT2D eigenvalue weighted by Crippen LogP contribution is -2.35. The maximum Gasteiger partial charge on any atom is 0.348 e. The van der Waals surface area contributed by atoms with Crippen LogP contribution in [-0.4, -0.2) is 44.0 Å². The molecule has 2 aromatic rings. The highest BCUT2D eigenvalue weighted by atomic mass is 32.2. The largest absolute Gasteiger partial charge is 0.505 e. The predicted molar refractivity (Wildman–Crippen MR) is 142 cm³/mol. The molecule has 1 aromatic heterocycles. The van der Waals surface area contributed by atoms with Crippen LogP contribution in [0.3, 0.4) is 0 Å². The molecule has 3 N–H and O–H groups in total. The Hall–Kier alpha value is -2.40. The second-order valence-corrected chi connectivity index (χ2v) is 12.8.